The van der Waals surface area contributed by atoms with E-state index in [1.807, 2.05) is 84.9 Å². The van der Waals surface area contributed by atoms with Crippen LogP contribution in [0.2, 0.25) is 0 Å². The second kappa shape index (κ2) is 12.6. The monoisotopic (exact) mass is 483 g/mol. The molecule has 0 aromatic heterocycles. The van der Waals surface area contributed by atoms with Gasteiger partial charge in [-0.1, -0.05) is 54.6 Å². The Balaban J connectivity index is 1.27. The lowest BCUT2D eigenvalue weighted by atomic mass is 10.0. The Bertz CT molecular complexity index is 1170. The number of hydrogen-bond acceptors (Lipinski definition) is 4. The van der Waals surface area contributed by atoms with Gasteiger partial charge >= 0.3 is 0 Å². The van der Waals surface area contributed by atoms with Crippen molar-refractivity contribution >= 4 is 23.6 Å². The maximum absolute atomic E-state index is 13.0. The highest BCUT2D eigenvalue weighted by atomic mass is 16.5. The van der Waals surface area contributed by atoms with Crippen LogP contribution in [-0.4, -0.2) is 44.6 Å². The van der Waals surface area contributed by atoms with E-state index in [1.54, 1.807) is 13.2 Å². The van der Waals surface area contributed by atoms with Crippen molar-refractivity contribution in [3.8, 4) is 5.75 Å². The third-order valence-electron chi connectivity index (χ3n) is 6.42. The summed E-state index contributed by atoms with van der Waals surface area (Å²) in [6.45, 7) is 2.12. The Morgan fingerprint density at radius 3 is 2.36 bits per heavy atom. The molecule has 0 atom stereocenters. The number of hydrogen-bond donors (Lipinski definition) is 2. The summed E-state index contributed by atoms with van der Waals surface area (Å²) in [6, 6.07) is 25.5. The second-order valence-corrected chi connectivity index (χ2v) is 8.89. The second-order valence-electron chi connectivity index (χ2n) is 8.89. The van der Waals surface area contributed by atoms with Gasteiger partial charge in [0.25, 0.3) is 5.91 Å². The average Bonchev–Trinajstić information content (AvgIpc) is 2.93. The summed E-state index contributed by atoms with van der Waals surface area (Å²) in [5, 5.41) is 6.17. The summed E-state index contributed by atoms with van der Waals surface area (Å²) in [7, 11) is 1.65. The zero-order valence-electron chi connectivity index (χ0n) is 20.7. The molecular formula is C30H33N3O3. The Kier molecular flexibility index (Phi) is 8.76. The van der Waals surface area contributed by atoms with Crippen LogP contribution < -0.4 is 20.3 Å². The minimum Gasteiger partial charge on any atom is -0.497 e. The first kappa shape index (κ1) is 25.0. The zero-order valence-corrected chi connectivity index (χ0v) is 20.7. The minimum atomic E-state index is -0.0751. The maximum Gasteiger partial charge on any atom is 0.253 e. The number of carbonyl (C=O) groups is 2. The van der Waals surface area contributed by atoms with E-state index in [1.165, 1.54) is 0 Å². The number of methoxy groups -OCH3 is 1. The van der Waals surface area contributed by atoms with Crippen molar-refractivity contribution in [3.63, 3.8) is 0 Å². The van der Waals surface area contributed by atoms with E-state index in [-0.39, 0.29) is 17.9 Å². The third-order valence-corrected chi connectivity index (χ3v) is 6.42. The van der Waals surface area contributed by atoms with Crippen molar-refractivity contribution in [1.82, 2.24) is 10.6 Å². The van der Waals surface area contributed by atoms with Gasteiger partial charge in [-0.15, -0.1) is 0 Å². The normalized spacial score (nSPS) is 14.0. The number of piperidine rings is 1. The van der Waals surface area contributed by atoms with Gasteiger partial charge in [-0.2, -0.15) is 0 Å². The molecule has 2 amide bonds. The van der Waals surface area contributed by atoms with Crippen LogP contribution in [0.5, 0.6) is 5.75 Å². The summed E-state index contributed by atoms with van der Waals surface area (Å²) in [4.78, 5) is 27.6. The lowest BCUT2D eigenvalue weighted by Gasteiger charge is -2.34. The van der Waals surface area contributed by atoms with Crippen LogP contribution in [-0.2, 0) is 11.2 Å². The molecule has 6 nitrogen and oxygen atoms in total. The number of carbonyl (C=O) groups excluding carboxylic acids is 2. The Labute approximate surface area is 213 Å². The summed E-state index contributed by atoms with van der Waals surface area (Å²) in [5.41, 5.74) is 3.77. The zero-order chi connectivity index (χ0) is 25.2. The quantitative estimate of drug-likeness (QED) is 0.441. The number of para-hydroxylation sites is 1. The van der Waals surface area contributed by atoms with Gasteiger partial charge in [0.2, 0.25) is 5.91 Å². The molecule has 1 aliphatic rings. The van der Waals surface area contributed by atoms with Crippen LogP contribution in [0.3, 0.4) is 0 Å². The maximum atomic E-state index is 13.0. The number of nitrogens with zero attached hydrogens (tertiary/aromatic N) is 1. The Morgan fingerprint density at radius 2 is 1.64 bits per heavy atom. The third kappa shape index (κ3) is 6.98. The van der Waals surface area contributed by atoms with E-state index in [4.69, 9.17) is 4.74 Å². The predicted molar refractivity (Wildman–Crippen MR) is 144 cm³/mol. The molecule has 1 fully saturated rings. The number of nitrogens with one attached hydrogen (secondary N) is 2. The van der Waals surface area contributed by atoms with Crippen molar-refractivity contribution in [1.29, 1.82) is 0 Å². The van der Waals surface area contributed by atoms with Gasteiger partial charge in [0.1, 0.15) is 5.75 Å². The van der Waals surface area contributed by atoms with Crippen LogP contribution in [0.25, 0.3) is 6.08 Å². The van der Waals surface area contributed by atoms with Gasteiger partial charge in [-0.25, -0.2) is 0 Å². The molecule has 3 aromatic carbocycles. The van der Waals surface area contributed by atoms with Crippen molar-refractivity contribution in [2.24, 2.45) is 0 Å². The fourth-order valence-electron chi connectivity index (χ4n) is 4.40. The minimum absolute atomic E-state index is 0.0689. The van der Waals surface area contributed by atoms with Crippen LogP contribution in [0.15, 0.2) is 84.9 Å². The first-order chi connectivity index (χ1) is 17.6. The topological polar surface area (TPSA) is 70.7 Å². The van der Waals surface area contributed by atoms with Crippen LogP contribution >= 0.6 is 0 Å². The number of benzene rings is 3. The van der Waals surface area contributed by atoms with Crippen molar-refractivity contribution in [2.45, 2.75) is 25.3 Å². The summed E-state index contributed by atoms with van der Waals surface area (Å²) < 4.78 is 5.20. The fourth-order valence-corrected chi connectivity index (χ4v) is 4.40. The van der Waals surface area contributed by atoms with E-state index >= 15 is 0 Å². The van der Waals surface area contributed by atoms with Gasteiger partial charge in [0, 0.05) is 37.4 Å². The SMILES string of the molecule is COc1ccc(CCNC(=O)c2ccccc2N2CCC(NC(=O)/C=C/c3ccccc3)CC2)cc1. The van der Waals surface area contributed by atoms with Crippen molar-refractivity contribution in [3.05, 3.63) is 102 Å². The van der Waals surface area contributed by atoms with E-state index in [0.29, 0.717) is 12.1 Å². The molecule has 186 valence electrons. The number of ether oxygens (including phenoxy) is 1. The molecule has 1 heterocycles. The molecule has 0 saturated carbocycles. The molecule has 2 N–H and O–H groups in total. The summed E-state index contributed by atoms with van der Waals surface area (Å²) in [5.74, 6) is 0.679. The van der Waals surface area contributed by atoms with E-state index < -0.39 is 0 Å². The highest BCUT2D eigenvalue weighted by molar-refractivity contribution is 5.99. The molecule has 6 heteroatoms. The number of anilines is 1. The molecule has 1 aliphatic heterocycles. The molecule has 0 aliphatic carbocycles. The van der Waals surface area contributed by atoms with Crippen molar-refractivity contribution in [2.75, 3.05) is 31.6 Å². The average molecular weight is 484 g/mol. The smallest absolute Gasteiger partial charge is 0.253 e. The highest BCUT2D eigenvalue weighted by Crippen LogP contribution is 2.24. The first-order valence-corrected chi connectivity index (χ1v) is 12.4. The van der Waals surface area contributed by atoms with Crippen LogP contribution in [0, 0.1) is 0 Å². The van der Waals surface area contributed by atoms with E-state index in [2.05, 4.69) is 15.5 Å². The predicted octanol–water partition coefficient (Wildman–Crippen LogP) is 4.47. The Morgan fingerprint density at radius 1 is 0.944 bits per heavy atom. The van der Waals surface area contributed by atoms with Gasteiger partial charge in [0.15, 0.2) is 0 Å². The largest absolute Gasteiger partial charge is 0.497 e. The molecule has 1 saturated heterocycles. The van der Waals surface area contributed by atoms with Gasteiger partial charge in [-0.3, -0.25) is 9.59 Å². The molecule has 0 radical (unpaired) electrons. The lowest BCUT2D eigenvalue weighted by Crippen LogP contribution is -2.44. The van der Waals surface area contributed by atoms with Crippen LogP contribution in [0.1, 0.15) is 34.3 Å². The van der Waals surface area contributed by atoms with E-state index in [0.717, 1.165) is 54.9 Å². The Hall–Kier alpha value is -4.06. The number of rotatable bonds is 9. The first-order valence-electron chi connectivity index (χ1n) is 12.4. The summed E-state index contributed by atoms with van der Waals surface area (Å²) in [6.07, 6.45) is 5.83. The fraction of sp³-hybridized carbons (Fsp3) is 0.267. The molecule has 36 heavy (non-hydrogen) atoms. The molecular weight excluding hydrogens is 450 g/mol. The molecule has 3 aromatic rings. The molecule has 0 unspecified atom stereocenters. The van der Waals surface area contributed by atoms with Crippen LogP contribution in [0.4, 0.5) is 5.69 Å². The summed E-state index contributed by atoms with van der Waals surface area (Å²) >= 11 is 0. The molecule has 0 spiro atoms. The molecule has 4 rings (SSSR count). The van der Waals surface area contributed by atoms with Gasteiger partial charge in [0.05, 0.1) is 12.7 Å². The standard InChI is InChI=1S/C30H33N3O3/c1-36-26-14-11-24(12-15-26)17-20-31-30(35)27-9-5-6-10-28(27)33-21-18-25(19-22-33)32-29(34)16-13-23-7-3-2-4-8-23/h2-16,25H,17-22H2,1H3,(H,31,35)(H,32,34)/b16-13+. The van der Waals surface area contributed by atoms with Gasteiger partial charge < -0.3 is 20.3 Å². The van der Waals surface area contributed by atoms with Crippen molar-refractivity contribution < 1.29 is 14.3 Å². The lowest BCUT2D eigenvalue weighted by molar-refractivity contribution is -0.117. The highest BCUT2D eigenvalue weighted by Gasteiger charge is 2.23. The molecule has 0 bridgehead atoms. The number of amides is 2. The van der Waals surface area contributed by atoms with Gasteiger partial charge in [-0.05, 0) is 60.7 Å². The van der Waals surface area contributed by atoms with E-state index in [9.17, 15) is 9.59 Å².